The largest absolute Gasteiger partial charge is 0.378 e. The summed E-state index contributed by atoms with van der Waals surface area (Å²) in [7, 11) is 0. The highest BCUT2D eigenvalue weighted by molar-refractivity contribution is 7.44. The van der Waals surface area contributed by atoms with Crippen LogP contribution in [0.1, 0.15) is 19.3 Å². The van der Waals surface area contributed by atoms with Gasteiger partial charge in [-0.25, -0.2) is 0 Å². The Morgan fingerprint density at radius 3 is 2.67 bits per heavy atom. The second-order valence-corrected chi connectivity index (χ2v) is 13.1. The normalized spacial score (nSPS) is 33.9. The third-order valence-electron chi connectivity index (χ3n) is 3.31. The summed E-state index contributed by atoms with van der Waals surface area (Å²) >= 11 is 12.1. The fourth-order valence-electron chi connectivity index (χ4n) is 2.54. The predicted octanol–water partition coefficient (Wildman–Crippen LogP) is 3.91. The van der Waals surface area contributed by atoms with Gasteiger partial charge in [0.15, 0.2) is 0 Å². The molecule has 1 saturated carbocycles. The molecule has 0 aromatic rings. The third-order valence-corrected chi connectivity index (χ3v) is 5.68. The summed E-state index contributed by atoms with van der Waals surface area (Å²) < 4.78 is 5.89. The average molecular weight is 265 g/mol. The summed E-state index contributed by atoms with van der Waals surface area (Å²) in [5, 5.41) is 0. The van der Waals surface area contributed by atoms with Gasteiger partial charge in [-0.05, 0) is 37.8 Å². The maximum absolute atomic E-state index is 6.03. The topological polar surface area (TPSA) is 9.23 Å². The van der Waals surface area contributed by atoms with Crippen molar-refractivity contribution in [3.63, 3.8) is 0 Å². The van der Waals surface area contributed by atoms with E-state index in [0.29, 0.717) is 12.0 Å². The highest BCUT2D eigenvalue weighted by Crippen LogP contribution is 2.40. The van der Waals surface area contributed by atoms with Crippen molar-refractivity contribution in [2.75, 3.05) is 6.61 Å². The minimum Gasteiger partial charge on any atom is -0.378 e. The van der Waals surface area contributed by atoms with Gasteiger partial charge in [0, 0.05) is 12.5 Å². The maximum Gasteiger partial charge on any atom is 0.248 e. The van der Waals surface area contributed by atoms with E-state index < -0.39 is 6.69 Å². The van der Waals surface area contributed by atoms with Crippen molar-refractivity contribution >= 4 is 28.9 Å². The first-order valence-corrected chi connectivity index (χ1v) is 10.5. The lowest BCUT2D eigenvalue weighted by atomic mass is 10.0. The lowest BCUT2D eigenvalue weighted by molar-refractivity contribution is 0.0370. The fraction of sp³-hybridized carbons (Fsp3) is 0.818. The first-order chi connectivity index (χ1) is 7.04. The summed E-state index contributed by atoms with van der Waals surface area (Å²) in [4.78, 5) is 0. The summed E-state index contributed by atoms with van der Waals surface area (Å²) in [6.07, 6.45) is 8.67. The van der Waals surface area contributed by atoms with Crippen molar-refractivity contribution in [3.8, 4) is 0 Å². The molecular formula is C11H18Cl2OSi. The van der Waals surface area contributed by atoms with Crippen LogP contribution in [0.2, 0.25) is 12.6 Å². The molecule has 0 amide bonds. The highest BCUT2D eigenvalue weighted by Gasteiger charge is 2.36. The van der Waals surface area contributed by atoms with Gasteiger partial charge in [0.1, 0.15) is 0 Å². The van der Waals surface area contributed by atoms with E-state index in [-0.39, 0.29) is 0 Å². The van der Waals surface area contributed by atoms with Crippen LogP contribution in [0.15, 0.2) is 12.2 Å². The third kappa shape index (κ3) is 3.48. The quantitative estimate of drug-likeness (QED) is 0.317. The van der Waals surface area contributed by atoms with E-state index in [9.17, 15) is 0 Å². The molecule has 0 saturated heterocycles. The van der Waals surface area contributed by atoms with Crippen LogP contribution in [0.3, 0.4) is 0 Å². The highest BCUT2D eigenvalue weighted by atomic mass is 35.7. The molecule has 0 radical (unpaired) electrons. The number of rotatable bonds is 5. The molecular weight excluding hydrogens is 247 g/mol. The Balaban J connectivity index is 1.61. The summed E-state index contributed by atoms with van der Waals surface area (Å²) in [5.74, 6) is 1.48. The number of hydrogen-bond donors (Lipinski definition) is 0. The van der Waals surface area contributed by atoms with Crippen LogP contribution in [0.5, 0.6) is 0 Å². The van der Waals surface area contributed by atoms with E-state index in [2.05, 4.69) is 12.2 Å². The number of ether oxygens (including phenoxy) is 1. The van der Waals surface area contributed by atoms with Gasteiger partial charge < -0.3 is 4.74 Å². The van der Waals surface area contributed by atoms with Crippen LogP contribution in [0.25, 0.3) is 0 Å². The number of halogens is 2. The first kappa shape index (κ1) is 12.0. The molecule has 1 fully saturated rings. The molecule has 0 N–H and O–H groups in total. The van der Waals surface area contributed by atoms with Crippen LogP contribution in [0, 0.1) is 11.8 Å². The molecule has 15 heavy (non-hydrogen) atoms. The van der Waals surface area contributed by atoms with E-state index in [1.807, 2.05) is 6.55 Å². The van der Waals surface area contributed by atoms with Crippen molar-refractivity contribution in [1.29, 1.82) is 0 Å². The number of allylic oxidation sites excluding steroid dienone is 1. The van der Waals surface area contributed by atoms with Gasteiger partial charge in [0.25, 0.3) is 0 Å². The summed E-state index contributed by atoms with van der Waals surface area (Å²) in [6, 6.07) is 0.937. The Kier molecular flexibility index (Phi) is 3.82. The molecule has 1 nitrogen and oxygen atoms in total. The minimum atomic E-state index is -1.90. The molecule has 2 rings (SSSR count). The molecule has 3 unspecified atom stereocenters. The van der Waals surface area contributed by atoms with E-state index in [1.54, 1.807) is 0 Å². The van der Waals surface area contributed by atoms with Gasteiger partial charge >= 0.3 is 0 Å². The lowest BCUT2D eigenvalue weighted by Crippen LogP contribution is -2.20. The van der Waals surface area contributed by atoms with Crippen LogP contribution in [0.4, 0.5) is 0 Å². The van der Waals surface area contributed by atoms with Crippen LogP contribution >= 0.6 is 22.2 Å². The molecule has 2 bridgehead atoms. The van der Waals surface area contributed by atoms with Gasteiger partial charge in [-0.2, -0.15) is 0 Å². The van der Waals surface area contributed by atoms with E-state index >= 15 is 0 Å². The summed E-state index contributed by atoms with van der Waals surface area (Å²) in [6.45, 7) is 0.892. The van der Waals surface area contributed by atoms with Crippen LogP contribution in [-0.4, -0.2) is 19.4 Å². The molecule has 4 heteroatoms. The van der Waals surface area contributed by atoms with Gasteiger partial charge in [0.05, 0.1) is 6.10 Å². The Labute approximate surface area is 102 Å². The van der Waals surface area contributed by atoms with Crippen molar-refractivity contribution < 1.29 is 4.74 Å². The van der Waals surface area contributed by atoms with Gasteiger partial charge in [-0.1, -0.05) is 12.2 Å². The lowest BCUT2D eigenvalue weighted by Gasteiger charge is -2.19. The van der Waals surface area contributed by atoms with Gasteiger partial charge in [0.2, 0.25) is 6.69 Å². The van der Waals surface area contributed by atoms with Gasteiger partial charge in [-0.3, -0.25) is 0 Å². The Hall–Kier alpha value is 0.497. The Morgan fingerprint density at radius 2 is 2.13 bits per heavy atom. The molecule has 0 aromatic heterocycles. The van der Waals surface area contributed by atoms with E-state index in [4.69, 9.17) is 26.9 Å². The zero-order chi connectivity index (χ0) is 10.9. The van der Waals surface area contributed by atoms with Crippen LogP contribution in [-0.2, 0) is 4.74 Å². The van der Waals surface area contributed by atoms with Crippen molar-refractivity contribution in [2.24, 2.45) is 11.8 Å². The SMILES string of the molecule is C[Si](Cl)(Cl)CCCOC1CC2C=CC1C2. The second-order valence-electron chi connectivity index (χ2n) is 4.86. The predicted molar refractivity (Wildman–Crippen MR) is 67.8 cm³/mol. The molecule has 0 aliphatic heterocycles. The van der Waals surface area contributed by atoms with Gasteiger partial charge in [-0.15, -0.1) is 22.2 Å². The molecule has 0 aromatic carbocycles. The summed E-state index contributed by atoms with van der Waals surface area (Å²) in [5.41, 5.74) is 0. The van der Waals surface area contributed by atoms with Crippen molar-refractivity contribution in [2.45, 2.75) is 38.0 Å². The zero-order valence-electron chi connectivity index (χ0n) is 9.09. The van der Waals surface area contributed by atoms with Crippen molar-refractivity contribution in [1.82, 2.24) is 0 Å². The Morgan fingerprint density at radius 1 is 1.33 bits per heavy atom. The smallest absolute Gasteiger partial charge is 0.248 e. The molecule has 3 atom stereocenters. The van der Waals surface area contributed by atoms with E-state index in [1.165, 1.54) is 12.8 Å². The molecule has 2 aliphatic carbocycles. The van der Waals surface area contributed by atoms with E-state index in [0.717, 1.165) is 25.0 Å². The number of hydrogen-bond acceptors (Lipinski definition) is 1. The Bertz CT molecular complexity index is 249. The molecule has 0 spiro atoms. The monoisotopic (exact) mass is 264 g/mol. The standard InChI is InChI=1S/C11H18Cl2OSi/c1-15(12,13)6-2-5-14-11-8-9-3-4-10(11)7-9/h3-4,9-11H,2,5-8H2,1H3. The minimum absolute atomic E-state index is 0.471. The maximum atomic E-state index is 6.03. The molecule has 2 aliphatic rings. The first-order valence-electron chi connectivity index (χ1n) is 5.72. The molecule has 0 heterocycles. The average Bonchev–Trinajstić information content (AvgIpc) is 2.71. The number of fused-ring (bicyclic) bond motifs is 2. The second kappa shape index (κ2) is 4.78. The molecule has 86 valence electrons. The van der Waals surface area contributed by atoms with Crippen molar-refractivity contribution in [3.05, 3.63) is 12.2 Å². The zero-order valence-corrected chi connectivity index (χ0v) is 11.6. The van der Waals surface area contributed by atoms with Crippen LogP contribution < -0.4 is 0 Å². The fourth-order valence-corrected chi connectivity index (χ4v) is 4.11.